The molecule has 18 heteroatoms. The van der Waals surface area contributed by atoms with Crippen molar-refractivity contribution in [3.63, 3.8) is 0 Å². The summed E-state index contributed by atoms with van der Waals surface area (Å²) in [5.41, 5.74) is 26.2. The van der Waals surface area contributed by atoms with E-state index >= 15 is 4.39 Å². The van der Waals surface area contributed by atoms with Crippen molar-refractivity contribution in [2.75, 3.05) is 0 Å². The molecule has 0 unspecified atom stereocenters. The summed E-state index contributed by atoms with van der Waals surface area (Å²) in [5, 5.41) is 3.37. The van der Waals surface area contributed by atoms with Crippen molar-refractivity contribution >= 4 is 102 Å². The van der Waals surface area contributed by atoms with Gasteiger partial charge in [-0.1, -0.05) is 194 Å². The molecule has 22 rings (SSSR count). The molecule has 0 aliphatic carbocycles. The van der Waals surface area contributed by atoms with Gasteiger partial charge in [-0.3, -0.25) is 9.97 Å². The van der Waals surface area contributed by atoms with E-state index in [-0.39, 0.29) is 57.0 Å². The Hall–Kier alpha value is -13.7. The van der Waals surface area contributed by atoms with E-state index < -0.39 is 56.9 Å². The van der Waals surface area contributed by atoms with Gasteiger partial charge >= 0.3 is 251 Å². The van der Waals surface area contributed by atoms with Crippen molar-refractivity contribution in [1.82, 2.24) is 44.0 Å². The van der Waals surface area contributed by atoms with Gasteiger partial charge in [-0.15, -0.1) is 36.4 Å². The van der Waals surface area contributed by atoms with Crippen molar-refractivity contribution in [2.45, 2.75) is 107 Å². The van der Waals surface area contributed by atoms with Crippen molar-refractivity contribution < 1.29 is 69.1 Å². The number of imidazole rings is 2. The number of fused-ring (bicyclic) bond motifs is 8. The quantitative estimate of drug-likeness (QED) is 0.0528. The van der Waals surface area contributed by atoms with Gasteiger partial charge in [0.15, 0.2) is 0 Å². The van der Waals surface area contributed by atoms with Gasteiger partial charge in [0.05, 0.1) is 56.3 Å². The van der Waals surface area contributed by atoms with Crippen LogP contribution in [0.3, 0.4) is 0 Å². The maximum Gasteiger partial charge on any atom is 0 e. The number of rotatable bonds is 16. The maximum absolute atomic E-state index is 16.0. The van der Waals surface area contributed by atoms with Crippen LogP contribution in [0.5, 0.6) is 0 Å². The molecule has 140 heavy (non-hydrogen) atoms. The number of halogens is 3. The minimum Gasteiger partial charge on any atom is 0 e. The van der Waals surface area contributed by atoms with Gasteiger partial charge in [0, 0.05) is 102 Å². The molecular weight excluding hydrogens is 2210 g/mol. The predicted molar refractivity (Wildman–Crippen MR) is 566 cm³/mol. The molecule has 698 valence electrons. The van der Waals surface area contributed by atoms with Crippen LogP contribution in [0.2, 0.25) is 34.5 Å². The summed E-state index contributed by atoms with van der Waals surface area (Å²) in [6, 6.07) is 118. The second-order valence-electron chi connectivity index (χ2n) is 37.9. The summed E-state index contributed by atoms with van der Waals surface area (Å²) in [7, 11) is 0. The number of hydrogen-bond acceptors (Lipinski definition) is 9. The van der Waals surface area contributed by atoms with E-state index in [0.29, 0.717) is 50.7 Å². The zero-order valence-corrected chi connectivity index (χ0v) is 88.6. The number of aryl methyl sites for hydroxylation is 1. The topological polar surface area (TPSA) is 126 Å². The van der Waals surface area contributed by atoms with E-state index in [9.17, 15) is 8.78 Å². The monoisotopic (exact) mass is 2320 g/mol. The predicted octanol–water partition coefficient (Wildman–Crippen LogP) is 31.4. The first-order valence-corrected chi connectivity index (χ1v) is 60.7. The summed E-state index contributed by atoms with van der Waals surface area (Å²) in [5.74, 6) is 12.6. The number of furan rings is 2. The molecule has 0 aliphatic heterocycles. The Balaban J connectivity index is 0.000000141. The second kappa shape index (κ2) is 41.4. The molecule has 0 N–H and O–H groups in total. The zero-order valence-electron chi connectivity index (χ0n) is 84.6. The minimum absolute atomic E-state index is 0. The molecule has 13 aromatic carbocycles. The molecule has 0 spiro atoms. The standard InChI is InChI=1S/C46H33FN3O.C41H23F2N4O.C18H24GeN.C17H22GeN.2Ir/c1-46(2,3)32-27-37(29-13-6-4-7-14-29)42(38(28-32)30-15-8-5-9-16-30)50-41-20-11-10-19-40(41)48-44(50)36-18-12-17-34-35-25-26-39(49-45(35)51-43(34)36)31-21-23-33(47)24-22-31;42-34-15-8-16-35-38(34)47(36-22-27(25-9-3-1-4-10-25)17-19-30(36)26-11-5-2-6-12-26)40(46-35)32-14-7-13-31-33-21-29(24-45-41(33)48-39(31)32)28-18-20-37(43)44-23-28;1-13(2)16-11-18(15-9-7-14(3)8-10-15)20-12-17(16)19(4,5)6;1-13(2)15-11-17(14-9-7-6-8-10-14)19-12-16(15)18(3,4)5;;/h4-17,19-28H,1-3H3;1-13,15-24H;7-9,11-13H,1-6H3;6-9,11-13H,1-5H3;;/q4*-1;;/i;;3D3,13D;13D;;. The van der Waals surface area contributed by atoms with Crippen molar-refractivity contribution in [2.24, 2.45) is 0 Å². The first-order chi connectivity index (χ1) is 68.4. The molecule has 0 fully saturated rings. The van der Waals surface area contributed by atoms with E-state index in [1.807, 2.05) is 178 Å². The number of nitrogens with zero attached hydrogens (tertiary/aromatic N) is 9. The van der Waals surface area contributed by atoms with E-state index in [2.05, 4.69) is 231 Å². The Morgan fingerprint density at radius 1 is 0.393 bits per heavy atom. The van der Waals surface area contributed by atoms with Crippen LogP contribution in [0.15, 0.2) is 361 Å². The Labute approximate surface area is 854 Å². The molecule has 0 amide bonds. The summed E-state index contributed by atoms with van der Waals surface area (Å²) in [6.07, 6.45) is 7.06. The molecule has 11 nitrogen and oxygen atoms in total. The molecule has 9 aromatic heterocycles. The van der Waals surface area contributed by atoms with Gasteiger partial charge in [0.1, 0.15) is 11.6 Å². The van der Waals surface area contributed by atoms with Gasteiger partial charge in [-0.25, -0.2) is 23.7 Å². The van der Waals surface area contributed by atoms with Gasteiger partial charge in [-0.2, -0.15) is 4.39 Å². The van der Waals surface area contributed by atoms with E-state index in [1.165, 1.54) is 50.9 Å². The van der Waals surface area contributed by atoms with E-state index in [4.69, 9.17) is 30.6 Å². The Kier molecular flexibility index (Phi) is 27.0. The number of hydrogen-bond donors (Lipinski definition) is 0. The molecule has 0 bridgehead atoms. The van der Waals surface area contributed by atoms with Crippen LogP contribution in [0.4, 0.5) is 13.2 Å². The smallest absolute Gasteiger partial charge is 0 e. The zero-order chi connectivity index (χ0) is 100. The molecule has 0 saturated heterocycles. The summed E-state index contributed by atoms with van der Waals surface area (Å²) >= 11 is -4.17. The summed E-state index contributed by atoms with van der Waals surface area (Å²) in [4.78, 5) is 32.8. The maximum atomic E-state index is 16.0. The summed E-state index contributed by atoms with van der Waals surface area (Å²) < 4.78 is 102. The third-order valence-electron chi connectivity index (χ3n) is 24.8. The fourth-order valence-corrected chi connectivity index (χ4v) is 24.3. The van der Waals surface area contributed by atoms with Crippen LogP contribution in [0.1, 0.15) is 89.4 Å². The second-order valence-corrected chi connectivity index (χ2v) is 59.0. The Morgan fingerprint density at radius 3 is 1.48 bits per heavy atom. The van der Waals surface area contributed by atoms with Crippen LogP contribution in [-0.2, 0) is 45.6 Å². The number of pyridine rings is 5. The first kappa shape index (κ1) is 91.4. The molecule has 22 aromatic rings. The van der Waals surface area contributed by atoms with Crippen LogP contribution >= 0.6 is 0 Å². The molecule has 2 radical (unpaired) electrons. The Bertz CT molecular complexity index is 8420. The van der Waals surface area contributed by atoms with Gasteiger partial charge in [0.2, 0.25) is 17.4 Å². The van der Waals surface area contributed by atoms with Gasteiger partial charge in [0.25, 0.3) is 0 Å². The van der Waals surface area contributed by atoms with Crippen LogP contribution < -0.4 is 8.79 Å². The number of para-hydroxylation sites is 3. The van der Waals surface area contributed by atoms with E-state index in [1.54, 1.807) is 42.6 Å². The van der Waals surface area contributed by atoms with E-state index in [0.717, 1.165) is 150 Å². The largest absolute Gasteiger partial charge is 0 e. The fraction of sp³-hybridized carbons (Fsp3) is 0.139. The van der Waals surface area contributed by atoms with Gasteiger partial charge < -0.3 is 18.0 Å². The molecule has 0 atom stereocenters. The number of aromatic nitrogens is 9. The SMILES string of the molecule is CC(C)(C)c1cc(-c2ccccc2)c(-n2c(-c3[c-]ccc4c3oc3nc(-c5ccc(F)cc5)ccc34)nc3ccccc32)c(-c2ccccc2)c1.Fc1ccc(-c2cnc3oc4c(-c5nc6cccc(F)c6n5-c5cc(-c6ccccc6)ccc5-c5ccccc5)[c-]ccc4c3c2)cn1.[2H]C(C)(C)c1cc(-c2[c-]cccc2)nc[c]1[Ge]([CH3])([CH3])[CH3].[2H]C([2H])([2H])c1c[c-]c(-c2cc(C([2H])(C)C)[c]([Ge]([CH3])([CH3])[CH3])cn2)cc1.[Ir].[Ir]. The summed E-state index contributed by atoms with van der Waals surface area (Å²) in [6.45, 7) is 12.4. The molecule has 0 aliphatic rings. The molecular formula is C122H102F3Ge2Ir2N9O2-4. The Morgan fingerprint density at radius 2 is 0.921 bits per heavy atom. The van der Waals surface area contributed by atoms with Crippen LogP contribution in [-0.4, -0.2) is 70.6 Å². The van der Waals surface area contributed by atoms with Crippen molar-refractivity contribution in [3.05, 3.63) is 416 Å². The van der Waals surface area contributed by atoms with Crippen LogP contribution in [0, 0.1) is 48.7 Å². The fourth-order valence-electron chi connectivity index (χ4n) is 17.7. The van der Waals surface area contributed by atoms with Crippen molar-refractivity contribution in [1.29, 1.82) is 0 Å². The average Bonchev–Trinajstić information content (AvgIpc) is 1.64. The van der Waals surface area contributed by atoms with Crippen LogP contribution in [0.25, 0.3) is 190 Å². The minimum atomic E-state index is -2.14. The third kappa shape index (κ3) is 20.4. The molecule has 9 heterocycles. The molecule has 0 saturated carbocycles. The average molecular weight is 2320 g/mol. The normalized spacial score (nSPS) is 12.4. The number of benzene rings is 13. The van der Waals surface area contributed by atoms with Gasteiger partial charge in [-0.05, 0) is 136 Å². The third-order valence-corrected chi connectivity index (χ3v) is 33.3. The first-order valence-electron chi connectivity index (χ1n) is 48.5. The van der Waals surface area contributed by atoms with Crippen molar-refractivity contribution in [3.8, 4) is 124 Å².